The fourth-order valence-electron chi connectivity index (χ4n) is 3.45. The van der Waals surface area contributed by atoms with E-state index in [1.165, 1.54) is 12.1 Å². The zero-order valence-electron chi connectivity index (χ0n) is 14.0. The van der Waals surface area contributed by atoms with E-state index in [9.17, 15) is 14.5 Å². The van der Waals surface area contributed by atoms with Crippen LogP contribution in [0, 0.1) is 15.9 Å². The molecule has 4 rings (SSSR count). The van der Waals surface area contributed by atoms with E-state index in [4.69, 9.17) is 0 Å². The summed E-state index contributed by atoms with van der Waals surface area (Å²) in [5, 5.41) is 22.2. The summed E-state index contributed by atoms with van der Waals surface area (Å²) >= 11 is 0. The largest absolute Gasteiger partial charge is 0.381 e. The van der Waals surface area contributed by atoms with E-state index in [-0.39, 0.29) is 11.7 Å². The normalized spacial score (nSPS) is 17.4. The highest BCUT2D eigenvalue weighted by atomic mass is 19.1. The Morgan fingerprint density at radius 1 is 1.31 bits per heavy atom. The van der Waals surface area contributed by atoms with Crippen molar-refractivity contribution >= 4 is 28.0 Å². The Morgan fingerprint density at radius 2 is 2.19 bits per heavy atom. The number of fused-ring (bicyclic) bond motifs is 1. The predicted octanol–water partition coefficient (Wildman–Crippen LogP) is 3.69. The minimum atomic E-state index is -0.584. The van der Waals surface area contributed by atoms with Crippen LogP contribution in [0.1, 0.15) is 12.8 Å². The first-order chi connectivity index (χ1) is 12.6. The summed E-state index contributed by atoms with van der Waals surface area (Å²) in [5.74, 6) is -0.556. The highest BCUT2D eigenvalue weighted by Crippen LogP contribution is 2.28. The summed E-state index contributed by atoms with van der Waals surface area (Å²) in [6, 6.07) is 9.99. The number of nitro groups is 1. The van der Waals surface area contributed by atoms with E-state index in [0.29, 0.717) is 12.2 Å². The van der Waals surface area contributed by atoms with Gasteiger partial charge in [-0.15, -0.1) is 0 Å². The van der Waals surface area contributed by atoms with Crippen LogP contribution >= 0.6 is 0 Å². The van der Waals surface area contributed by atoms with Gasteiger partial charge in [0.05, 0.1) is 28.4 Å². The Morgan fingerprint density at radius 3 is 3.00 bits per heavy atom. The lowest BCUT2D eigenvalue weighted by atomic mass is 10.0. The van der Waals surface area contributed by atoms with Gasteiger partial charge in [-0.1, -0.05) is 0 Å². The number of benzene rings is 2. The van der Waals surface area contributed by atoms with Crippen molar-refractivity contribution in [1.82, 2.24) is 10.2 Å². The molecule has 1 saturated heterocycles. The van der Waals surface area contributed by atoms with E-state index < -0.39 is 10.7 Å². The first-order valence-corrected chi connectivity index (χ1v) is 8.49. The molecule has 0 aliphatic carbocycles. The van der Waals surface area contributed by atoms with E-state index in [1.54, 1.807) is 6.20 Å². The molecule has 2 aromatic carbocycles. The van der Waals surface area contributed by atoms with Gasteiger partial charge in [0, 0.05) is 36.3 Å². The van der Waals surface area contributed by atoms with Crippen molar-refractivity contribution in [2.24, 2.45) is 0 Å². The minimum Gasteiger partial charge on any atom is -0.381 e. The number of non-ortho nitro benzene ring substituents is 1. The predicted molar refractivity (Wildman–Crippen MR) is 98.0 cm³/mol. The van der Waals surface area contributed by atoms with Crippen molar-refractivity contribution in [3.63, 3.8) is 0 Å². The summed E-state index contributed by atoms with van der Waals surface area (Å²) in [6.07, 6.45) is 3.68. The zero-order chi connectivity index (χ0) is 18.1. The molecule has 0 bridgehead atoms. The van der Waals surface area contributed by atoms with Gasteiger partial charge in [-0.3, -0.25) is 15.2 Å². The van der Waals surface area contributed by atoms with Crippen LogP contribution < -0.4 is 10.2 Å². The summed E-state index contributed by atoms with van der Waals surface area (Å²) in [5.41, 5.74) is 2.16. The number of halogens is 1. The summed E-state index contributed by atoms with van der Waals surface area (Å²) in [6.45, 7) is 1.37. The fourth-order valence-corrected chi connectivity index (χ4v) is 3.45. The minimum absolute atomic E-state index is 0.169. The van der Waals surface area contributed by atoms with Crippen LogP contribution in [0.25, 0.3) is 10.9 Å². The monoisotopic (exact) mass is 355 g/mol. The van der Waals surface area contributed by atoms with Gasteiger partial charge < -0.3 is 10.2 Å². The van der Waals surface area contributed by atoms with E-state index in [1.807, 2.05) is 23.1 Å². The average Bonchev–Trinajstić information content (AvgIpc) is 3.09. The van der Waals surface area contributed by atoms with Crippen molar-refractivity contribution in [3.05, 3.63) is 58.5 Å². The van der Waals surface area contributed by atoms with Gasteiger partial charge in [0.25, 0.3) is 5.69 Å². The molecule has 1 fully saturated rings. The third kappa shape index (κ3) is 3.17. The van der Waals surface area contributed by atoms with Crippen molar-refractivity contribution in [3.8, 4) is 0 Å². The molecule has 2 heterocycles. The highest BCUT2D eigenvalue weighted by Gasteiger charge is 2.23. The van der Waals surface area contributed by atoms with Crippen molar-refractivity contribution in [1.29, 1.82) is 0 Å². The summed E-state index contributed by atoms with van der Waals surface area (Å²) in [7, 11) is 0. The lowest BCUT2D eigenvalue weighted by Gasteiger charge is -2.35. The van der Waals surface area contributed by atoms with Crippen LogP contribution in [0.3, 0.4) is 0 Å². The number of piperidine rings is 1. The van der Waals surface area contributed by atoms with Crippen LogP contribution in [0.2, 0.25) is 0 Å². The number of anilines is 2. The number of nitro benzene ring substituents is 1. The third-order valence-electron chi connectivity index (χ3n) is 4.72. The van der Waals surface area contributed by atoms with Gasteiger partial charge in [0.15, 0.2) is 5.82 Å². The molecular formula is C18H18FN5O2. The quantitative estimate of drug-likeness (QED) is 0.550. The molecule has 1 aliphatic heterocycles. The molecule has 0 radical (unpaired) electrons. The molecule has 7 nitrogen and oxygen atoms in total. The van der Waals surface area contributed by atoms with E-state index >= 15 is 0 Å². The molecule has 134 valence electrons. The molecule has 3 aromatic rings. The molecule has 26 heavy (non-hydrogen) atoms. The number of hydrogen-bond donors (Lipinski definition) is 2. The van der Waals surface area contributed by atoms with E-state index in [0.717, 1.165) is 42.0 Å². The number of aromatic nitrogens is 2. The number of nitrogens with zero attached hydrogens (tertiary/aromatic N) is 3. The van der Waals surface area contributed by atoms with Gasteiger partial charge in [0.1, 0.15) is 0 Å². The maximum atomic E-state index is 14.3. The number of nitrogens with one attached hydrogen (secondary N) is 2. The molecule has 2 N–H and O–H groups in total. The standard InChI is InChI=1S/C18H18FN5O2/c19-16-9-15(24(25)26)4-6-18(16)23-7-1-2-14(11-23)21-13-3-5-17-12(8-13)10-20-22-17/h3-6,8-10,14,21H,1-2,7,11H2,(H,20,22). The maximum absolute atomic E-state index is 14.3. The van der Waals surface area contributed by atoms with Crippen LogP contribution in [0.5, 0.6) is 0 Å². The zero-order valence-corrected chi connectivity index (χ0v) is 14.0. The van der Waals surface area contributed by atoms with Gasteiger partial charge in [-0.05, 0) is 37.1 Å². The molecule has 1 aromatic heterocycles. The van der Waals surface area contributed by atoms with E-state index in [2.05, 4.69) is 15.5 Å². The molecule has 1 unspecified atom stereocenters. The molecule has 1 atom stereocenters. The van der Waals surface area contributed by atoms with Crippen LogP contribution in [0.4, 0.5) is 21.5 Å². The van der Waals surface area contributed by atoms with Gasteiger partial charge in [-0.25, -0.2) is 4.39 Å². The Kier molecular flexibility index (Phi) is 4.16. The first kappa shape index (κ1) is 16.3. The summed E-state index contributed by atoms with van der Waals surface area (Å²) in [4.78, 5) is 12.1. The number of aromatic amines is 1. The van der Waals surface area contributed by atoms with Crippen molar-refractivity contribution < 1.29 is 9.31 Å². The smallest absolute Gasteiger partial charge is 0.272 e. The second-order valence-corrected chi connectivity index (χ2v) is 6.49. The average molecular weight is 355 g/mol. The molecule has 0 saturated carbocycles. The molecule has 0 amide bonds. The number of H-pyrrole nitrogens is 1. The highest BCUT2D eigenvalue weighted by molar-refractivity contribution is 5.81. The third-order valence-corrected chi connectivity index (χ3v) is 4.72. The molecule has 0 spiro atoms. The Hall–Kier alpha value is -3.16. The second kappa shape index (κ2) is 6.62. The number of hydrogen-bond acceptors (Lipinski definition) is 5. The lowest BCUT2D eigenvalue weighted by Crippen LogP contribution is -2.42. The molecule has 8 heteroatoms. The Labute approximate surface area is 149 Å². The maximum Gasteiger partial charge on any atom is 0.272 e. The van der Waals surface area contributed by atoms with Crippen LogP contribution in [0.15, 0.2) is 42.6 Å². The Bertz CT molecular complexity index is 958. The number of rotatable bonds is 4. The van der Waals surface area contributed by atoms with Gasteiger partial charge >= 0.3 is 0 Å². The van der Waals surface area contributed by atoms with Crippen LogP contribution in [-0.4, -0.2) is 34.3 Å². The van der Waals surface area contributed by atoms with Crippen LogP contribution in [-0.2, 0) is 0 Å². The molecule has 1 aliphatic rings. The lowest BCUT2D eigenvalue weighted by molar-refractivity contribution is -0.385. The Balaban J connectivity index is 1.49. The molecular weight excluding hydrogens is 337 g/mol. The fraction of sp³-hybridized carbons (Fsp3) is 0.278. The van der Waals surface area contributed by atoms with Crippen molar-refractivity contribution in [2.75, 3.05) is 23.3 Å². The topological polar surface area (TPSA) is 87.1 Å². The van der Waals surface area contributed by atoms with Gasteiger partial charge in [-0.2, -0.15) is 5.10 Å². The second-order valence-electron chi connectivity index (χ2n) is 6.49. The SMILES string of the molecule is O=[N+]([O-])c1ccc(N2CCCC(Nc3ccc4[nH]ncc4c3)C2)c(F)c1. The first-order valence-electron chi connectivity index (χ1n) is 8.49. The summed E-state index contributed by atoms with van der Waals surface area (Å²) < 4.78 is 14.3. The van der Waals surface area contributed by atoms with Crippen molar-refractivity contribution in [2.45, 2.75) is 18.9 Å². The van der Waals surface area contributed by atoms with Gasteiger partial charge in [0.2, 0.25) is 0 Å².